The quantitative estimate of drug-likeness (QED) is 0.895. The van der Waals surface area contributed by atoms with Crippen molar-refractivity contribution >= 4 is 5.91 Å². The first-order valence-corrected chi connectivity index (χ1v) is 9.40. The van der Waals surface area contributed by atoms with Gasteiger partial charge in [0.25, 0.3) is 5.91 Å². The highest BCUT2D eigenvalue weighted by Crippen LogP contribution is 2.31. The first kappa shape index (κ1) is 17.9. The van der Waals surface area contributed by atoms with Crippen molar-refractivity contribution in [1.82, 2.24) is 20.2 Å². The summed E-state index contributed by atoms with van der Waals surface area (Å²) in [6, 6.07) is 5.71. The van der Waals surface area contributed by atoms with E-state index < -0.39 is 6.10 Å². The predicted octanol–water partition coefficient (Wildman–Crippen LogP) is 2.39. The summed E-state index contributed by atoms with van der Waals surface area (Å²) in [6.07, 6.45) is 3.80. The summed E-state index contributed by atoms with van der Waals surface area (Å²) in [5.41, 5.74) is 2.20. The molecule has 1 saturated heterocycles. The van der Waals surface area contributed by atoms with Gasteiger partial charge in [0.1, 0.15) is 11.6 Å². The number of nitrogens with one attached hydrogen (secondary N) is 1. The summed E-state index contributed by atoms with van der Waals surface area (Å²) >= 11 is 0. The van der Waals surface area contributed by atoms with E-state index in [1.54, 1.807) is 24.0 Å². The average Bonchev–Trinajstić information content (AvgIpc) is 3.16. The highest BCUT2D eigenvalue weighted by Gasteiger charge is 2.35. The van der Waals surface area contributed by atoms with Gasteiger partial charge in [0, 0.05) is 49.6 Å². The predicted molar refractivity (Wildman–Crippen MR) is 97.6 cm³/mol. The van der Waals surface area contributed by atoms with Gasteiger partial charge in [-0.2, -0.15) is 0 Å². The van der Waals surface area contributed by atoms with E-state index in [2.05, 4.69) is 10.3 Å². The lowest BCUT2D eigenvalue weighted by Gasteiger charge is -2.27. The van der Waals surface area contributed by atoms with Crippen LogP contribution >= 0.6 is 0 Å². The minimum Gasteiger partial charge on any atom is -0.481 e. The fraction of sp³-hybridized carbons (Fsp3) is 0.450. The highest BCUT2D eigenvalue weighted by atomic mass is 19.1. The first-order chi connectivity index (χ1) is 13.1. The topological polar surface area (TPSA) is 67.3 Å². The van der Waals surface area contributed by atoms with Crippen LogP contribution in [-0.2, 0) is 17.8 Å². The van der Waals surface area contributed by atoms with Crippen LogP contribution in [-0.4, -0.2) is 40.0 Å². The first-order valence-electron chi connectivity index (χ1n) is 9.40. The van der Waals surface area contributed by atoms with Gasteiger partial charge in [-0.1, -0.05) is 6.07 Å². The minimum absolute atomic E-state index is 0.121. The van der Waals surface area contributed by atoms with Gasteiger partial charge in [-0.05, 0) is 31.9 Å². The zero-order valence-corrected chi connectivity index (χ0v) is 15.3. The van der Waals surface area contributed by atoms with Crippen LogP contribution < -0.4 is 10.1 Å². The molecule has 3 heterocycles. The van der Waals surface area contributed by atoms with E-state index in [-0.39, 0.29) is 17.8 Å². The maximum absolute atomic E-state index is 13.3. The van der Waals surface area contributed by atoms with Crippen molar-refractivity contribution < 1.29 is 13.9 Å². The van der Waals surface area contributed by atoms with E-state index in [1.807, 2.05) is 6.20 Å². The summed E-state index contributed by atoms with van der Waals surface area (Å²) in [5.74, 6) is 0.552. The molecule has 1 aromatic heterocycles. The molecule has 27 heavy (non-hydrogen) atoms. The summed E-state index contributed by atoms with van der Waals surface area (Å²) in [5, 5.41) is 3.31. The van der Waals surface area contributed by atoms with Gasteiger partial charge in [0.15, 0.2) is 11.9 Å². The zero-order chi connectivity index (χ0) is 18.8. The Morgan fingerprint density at radius 2 is 2.33 bits per heavy atom. The number of amides is 1. The number of likely N-dealkylation sites (tertiary alicyclic amines) is 1. The maximum Gasteiger partial charge on any atom is 0.263 e. The van der Waals surface area contributed by atoms with Gasteiger partial charge in [-0.25, -0.2) is 14.4 Å². The number of nitrogens with zero attached hydrogens (tertiary/aromatic N) is 3. The number of fused-ring (bicyclic) bond motifs is 1. The average molecular weight is 370 g/mol. The molecule has 0 aliphatic carbocycles. The van der Waals surface area contributed by atoms with Crippen LogP contribution in [0.25, 0.3) is 0 Å². The molecule has 0 bridgehead atoms. The molecular weight excluding hydrogens is 347 g/mol. The van der Waals surface area contributed by atoms with Gasteiger partial charge < -0.3 is 15.0 Å². The third kappa shape index (κ3) is 3.78. The van der Waals surface area contributed by atoms with E-state index in [0.717, 1.165) is 43.6 Å². The second-order valence-corrected chi connectivity index (χ2v) is 7.03. The molecule has 1 aromatic carbocycles. The second-order valence-electron chi connectivity index (χ2n) is 7.03. The van der Waals surface area contributed by atoms with Crippen LogP contribution in [0.4, 0.5) is 4.39 Å². The molecule has 0 spiro atoms. The molecule has 7 heteroatoms. The van der Waals surface area contributed by atoms with Gasteiger partial charge in [0.2, 0.25) is 0 Å². The number of hydrogen-bond donors (Lipinski definition) is 1. The van der Waals surface area contributed by atoms with Gasteiger partial charge >= 0.3 is 0 Å². The summed E-state index contributed by atoms with van der Waals surface area (Å²) in [7, 11) is 0. The molecule has 1 fully saturated rings. The number of carbonyl (C=O) groups is 1. The minimum atomic E-state index is -0.700. The summed E-state index contributed by atoms with van der Waals surface area (Å²) < 4.78 is 19.0. The third-order valence-corrected chi connectivity index (χ3v) is 5.12. The Morgan fingerprint density at radius 3 is 3.19 bits per heavy atom. The molecule has 2 aliphatic rings. The van der Waals surface area contributed by atoms with Crippen molar-refractivity contribution in [3.05, 3.63) is 53.4 Å². The van der Waals surface area contributed by atoms with Crippen molar-refractivity contribution in [2.24, 2.45) is 0 Å². The van der Waals surface area contributed by atoms with E-state index in [1.165, 1.54) is 12.1 Å². The van der Waals surface area contributed by atoms with E-state index in [0.29, 0.717) is 18.1 Å². The Bertz CT molecular complexity index is 844. The summed E-state index contributed by atoms with van der Waals surface area (Å²) in [4.78, 5) is 24.0. The Kier molecular flexibility index (Phi) is 5.03. The van der Waals surface area contributed by atoms with Gasteiger partial charge in [-0.3, -0.25) is 4.79 Å². The molecule has 142 valence electrons. The van der Waals surface area contributed by atoms with Gasteiger partial charge in [-0.15, -0.1) is 0 Å². The van der Waals surface area contributed by atoms with Crippen LogP contribution in [0.3, 0.4) is 0 Å². The Morgan fingerprint density at radius 1 is 1.44 bits per heavy atom. The van der Waals surface area contributed by atoms with Crippen LogP contribution in [0, 0.1) is 5.82 Å². The molecule has 2 aliphatic heterocycles. The van der Waals surface area contributed by atoms with Crippen LogP contribution in [0.1, 0.15) is 42.9 Å². The number of ether oxygens (including phenoxy) is 1. The SMILES string of the molecule is C[C@@H](Oc1cccc(F)c1)C(=O)N1CCC[C@H]1c1ncc2c(n1)CCNC2. The number of hydrogen-bond acceptors (Lipinski definition) is 5. The van der Waals surface area contributed by atoms with E-state index >= 15 is 0 Å². The fourth-order valence-corrected chi connectivity index (χ4v) is 3.74. The molecule has 0 radical (unpaired) electrons. The van der Waals surface area contributed by atoms with Crippen molar-refractivity contribution in [3.63, 3.8) is 0 Å². The number of carbonyl (C=O) groups excluding carboxylic acids is 1. The number of benzene rings is 1. The smallest absolute Gasteiger partial charge is 0.263 e. The Hall–Kier alpha value is -2.54. The Labute approximate surface area is 157 Å². The zero-order valence-electron chi connectivity index (χ0n) is 15.3. The van der Waals surface area contributed by atoms with E-state index in [4.69, 9.17) is 9.72 Å². The van der Waals surface area contributed by atoms with Gasteiger partial charge in [0.05, 0.1) is 6.04 Å². The molecule has 2 aromatic rings. The maximum atomic E-state index is 13.3. The second kappa shape index (κ2) is 7.60. The lowest BCUT2D eigenvalue weighted by Crippen LogP contribution is -2.40. The normalized spacial score (nSPS) is 20.2. The van der Waals surface area contributed by atoms with E-state index in [9.17, 15) is 9.18 Å². The monoisotopic (exact) mass is 370 g/mol. The molecule has 0 saturated carbocycles. The third-order valence-electron chi connectivity index (χ3n) is 5.12. The van der Waals surface area contributed by atoms with Crippen molar-refractivity contribution in [2.45, 2.75) is 44.9 Å². The highest BCUT2D eigenvalue weighted by molar-refractivity contribution is 5.81. The van der Waals surface area contributed by atoms with Crippen LogP contribution in [0.15, 0.2) is 30.5 Å². The number of halogens is 1. The van der Waals surface area contributed by atoms with Crippen molar-refractivity contribution in [2.75, 3.05) is 13.1 Å². The lowest BCUT2D eigenvalue weighted by molar-refractivity contribution is -0.139. The molecule has 2 atom stereocenters. The number of aromatic nitrogens is 2. The fourth-order valence-electron chi connectivity index (χ4n) is 3.74. The lowest BCUT2D eigenvalue weighted by atomic mass is 10.1. The molecule has 4 rings (SSSR count). The van der Waals surface area contributed by atoms with Crippen LogP contribution in [0.5, 0.6) is 5.75 Å². The van der Waals surface area contributed by atoms with Crippen LogP contribution in [0.2, 0.25) is 0 Å². The molecule has 6 nitrogen and oxygen atoms in total. The van der Waals surface area contributed by atoms with Crippen molar-refractivity contribution in [1.29, 1.82) is 0 Å². The molecule has 1 amide bonds. The largest absolute Gasteiger partial charge is 0.481 e. The molecule has 0 unspecified atom stereocenters. The Balaban J connectivity index is 1.49. The molecular formula is C20H23FN4O2. The number of rotatable bonds is 4. The standard InChI is InChI=1S/C20H23FN4O2/c1-13(27-16-5-2-4-15(21)10-16)20(26)25-9-3-6-18(25)19-23-12-14-11-22-8-7-17(14)24-19/h2,4-5,10,12-13,18,22H,3,6-9,11H2,1H3/t13-,18+/m1/s1. The summed E-state index contributed by atoms with van der Waals surface area (Å²) in [6.45, 7) is 4.06. The molecule has 1 N–H and O–H groups in total. The van der Waals surface area contributed by atoms with Crippen molar-refractivity contribution in [3.8, 4) is 5.75 Å².